The van der Waals surface area contributed by atoms with Crippen molar-refractivity contribution in [2.75, 3.05) is 5.73 Å². The lowest BCUT2D eigenvalue weighted by atomic mass is 10.3. The van der Waals surface area contributed by atoms with Gasteiger partial charge in [-0.1, -0.05) is 12.1 Å². The van der Waals surface area contributed by atoms with E-state index >= 15 is 0 Å². The van der Waals surface area contributed by atoms with E-state index in [0.29, 0.717) is 11.0 Å². The van der Waals surface area contributed by atoms with Gasteiger partial charge in [0.05, 0.1) is 16.1 Å². The number of imidazole rings is 1. The van der Waals surface area contributed by atoms with Crippen molar-refractivity contribution in [2.45, 2.75) is 0 Å². The molecule has 0 aliphatic carbocycles. The highest BCUT2D eigenvalue weighted by Crippen LogP contribution is 2.23. The van der Waals surface area contributed by atoms with Crippen LogP contribution in [-0.2, 0) is 0 Å². The van der Waals surface area contributed by atoms with Gasteiger partial charge in [-0.25, -0.2) is 4.98 Å². The lowest BCUT2D eigenvalue weighted by molar-refractivity contribution is -0.389. The number of anilines is 1. The van der Waals surface area contributed by atoms with Crippen LogP contribution in [0.3, 0.4) is 0 Å². The maximum absolute atomic E-state index is 10.7. The topological polar surface area (TPSA) is 112 Å². The van der Waals surface area contributed by atoms with Gasteiger partial charge in [-0.15, -0.1) is 0 Å². The number of nitrogen functional groups attached to an aromatic ring is 1. The molecule has 3 aromatic rings. The maximum Gasteiger partial charge on any atom is 0.431 e. The highest BCUT2D eigenvalue weighted by molar-refractivity contribution is 5.81. The Morgan fingerprint density at radius 2 is 2.06 bits per heavy atom. The Hall–Kier alpha value is -2.77. The molecule has 0 saturated carbocycles. The van der Waals surface area contributed by atoms with Gasteiger partial charge in [0.15, 0.2) is 0 Å². The normalized spacial score (nSPS) is 11.1. The molecule has 0 bridgehead atoms. The summed E-state index contributed by atoms with van der Waals surface area (Å²) in [6, 6.07) is 7.14. The van der Waals surface area contributed by atoms with Crippen LogP contribution >= 0.6 is 0 Å². The van der Waals surface area contributed by atoms with E-state index in [1.165, 1.54) is 4.40 Å². The molecule has 2 heterocycles. The smallest absolute Gasteiger partial charge is 0.378 e. The molecule has 8 heteroatoms. The van der Waals surface area contributed by atoms with Crippen molar-refractivity contribution in [1.82, 2.24) is 19.6 Å². The van der Waals surface area contributed by atoms with Crippen molar-refractivity contribution in [3.63, 3.8) is 0 Å². The quantitative estimate of drug-likeness (QED) is 0.488. The SMILES string of the molecule is Nc1c([N+](=O)[O-])nnc2nc3ccccc3n12. The average Bonchev–Trinajstić information content (AvgIpc) is 2.67. The number of fused-ring (bicyclic) bond motifs is 3. The molecule has 0 fully saturated rings. The van der Waals surface area contributed by atoms with Crippen LogP contribution < -0.4 is 5.73 Å². The van der Waals surface area contributed by atoms with E-state index < -0.39 is 10.7 Å². The monoisotopic (exact) mass is 230 g/mol. The van der Waals surface area contributed by atoms with E-state index in [1.807, 2.05) is 6.07 Å². The molecule has 84 valence electrons. The van der Waals surface area contributed by atoms with Gasteiger partial charge in [0.2, 0.25) is 5.82 Å². The Labute approximate surface area is 93.9 Å². The van der Waals surface area contributed by atoms with E-state index in [-0.39, 0.29) is 11.6 Å². The Bertz CT molecular complexity index is 750. The van der Waals surface area contributed by atoms with Crippen LogP contribution in [0.1, 0.15) is 0 Å². The fourth-order valence-electron chi connectivity index (χ4n) is 1.69. The van der Waals surface area contributed by atoms with Crippen molar-refractivity contribution in [3.8, 4) is 0 Å². The van der Waals surface area contributed by atoms with Crippen molar-refractivity contribution in [2.24, 2.45) is 0 Å². The third-order valence-electron chi connectivity index (χ3n) is 2.42. The average molecular weight is 230 g/mol. The van der Waals surface area contributed by atoms with Crippen molar-refractivity contribution < 1.29 is 4.92 Å². The number of rotatable bonds is 1. The number of hydrogen-bond acceptors (Lipinski definition) is 6. The minimum Gasteiger partial charge on any atom is -0.378 e. The Kier molecular flexibility index (Phi) is 1.73. The number of nitrogens with two attached hydrogens (primary N) is 1. The Morgan fingerprint density at radius 3 is 2.82 bits per heavy atom. The third-order valence-corrected chi connectivity index (χ3v) is 2.42. The summed E-state index contributed by atoms with van der Waals surface area (Å²) in [7, 11) is 0. The van der Waals surface area contributed by atoms with Crippen molar-refractivity contribution >= 4 is 28.4 Å². The van der Waals surface area contributed by atoms with E-state index in [2.05, 4.69) is 15.2 Å². The summed E-state index contributed by atoms with van der Waals surface area (Å²) in [6.45, 7) is 0. The summed E-state index contributed by atoms with van der Waals surface area (Å²) in [4.78, 5) is 14.2. The minimum absolute atomic E-state index is 0.0753. The highest BCUT2D eigenvalue weighted by Gasteiger charge is 2.20. The molecule has 0 spiro atoms. The Balaban J connectivity index is 2.52. The molecule has 0 amide bonds. The molecular formula is C9H6N6O2. The molecule has 8 nitrogen and oxygen atoms in total. The van der Waals surface area contributed by atoms with E-state index in [0.717, 1.165) is 0 Å². The van der Waals surface area contributed by atoms with E-state index in [4.69, 9.17) is 5.73 Å². The zero-order valence-corrected chi connectivity index (χ0v) is 8.44. The molecule has 0 radical (unpaired) electrons. The van der Waals surface area contributed by atoms with Crippen molar-refractivity contribution in [3.05, 3.63) is 34.4 Å². The number of nitrogens with zero attached hydrogens (tertiary/aromatic N) is 5. The predicted octanol–water partition coefficient (Wildman–Crippen LogP) is 0.768. The van der Waals surface area contributed by atoms with Gasteiger partial charge >= 0.3 is 5.82 Å². The second kappa shape index (κ2) is 3.11. The number of para-hydroxylation sites is 2. The van der Waals surface area contributed by atoms with Crippen LogP contribution in [0.25, 0.3) is 16.8 Å². The summed E-state index contributed by atoms with van der Waals surface area (Å²) < 4.78 is 1.42. The summed E-state index contributed by atoms with van der Waals surface area (Å²) >= 11 is 0. The van der Waals surface area contributed by atoms with Gasteiger partial charge in [-0.3, -0.25) is 4.40 Å². The lowest BCUT2D eigenvalue weighted by Gasteiger charge is -1.99. The summed E-state index contributed by atoms with van der Waals surface area (Å²) in [5.74, 6) is -0.302. The van der Waals surface area contributed by atoms with Crippen LogP contribution in [0.15, 0.2) is 24.3 Å². The second-order valence-electron chi connectivity index (χ2n) is 3.40. The molecule has 0 saturated heterocycles. The summed E-state index contributed by atoms with van der Waals surface area (Å²) in [5.41, 5.74) is 7.04. The molecule has 2 aromatic heterocycles. The van der Waals surface area contributed by atoms with Crippen molar-refractivity contribution in [1.29, 1.82) is 0 Å². The van der Waals surface area contributed by atoms with Gasteiger partial charge in [-0.05, 0) is 17.1 Å². The standard InChI is InChI=1S/C9H6N6O2/c10-7-8(15(16)17)12-13-9-11-5-3-1-2-4-6(5)14(7)9/h1-4H,10H2. The molecule has 0 unspecified atom stereocenters. The van der Waals surface area contributed by atoms with Crippen LogP contribution in [-0.4, -0.2) is 24.5 Å². The molecule has 0 atom stereocenters. The largest absolute Gasteiger partial charge is 0.431 e. The molecule has 3 rings (SSSR count). The minimum atomic E-state index is -0.670. The first-order chi connectivity index (χ1) is 8.18. The van der Waals surface area contributed by atoms with Gasteiger partial charge in [0, 0.05) is 5.10 Å². The third kappa shape index (κ3) is 1.20. The highest BCUT2D eigenvalue weighted by atomic mass is 16.6. The molecule has 1 aromatic carbocycles. The number of benzene rings is 1. The van der Waals surface area contributed by atoms with Crippen LogP contribution in [0.2, 0.25) is 0 Å². The van der Waals surface area contributed by atoms with E-state index in [1.54, 1.807) is 18.2 Å². The lowest BCUT2D eigenvalue weighted by Crippen LogP contribution is -2.06. The Morgan fingerprint density at radius 1 is 1.29 bits per heavy atom. The fraction of sp³-hybridized carbons (Fsp3) is 0. The van der Waals surface area contributed by atoms with Crippen LogP contribution in [0, 0.1) is 10.1 Å². The molecule has 17 heavy (non-hydrogen) atoms. The first-order valence-corrected chi connectivity index (χ1v) is 4.72. The molecule has 2 N–H and O–H groups in total. The van der Waals surface area contributed by atoms with Gasteiger partial charge in [0.1, 0.15) is 0 Å². The maximum atomic E-state index is 10.7. The zero-order valence-electron chi connectivity index (χ0n) is 8.44. The number of hydrogen-bond donors (Lipinski definition) is 1. The van der Waals surface area contributed by atoms with E-state index in [9.17, 15) is 10.1 Å². The van der Waals surface area contributed by atoms with Gasteiger partial charge in [0.25, 0.3) is 5.78 Å². The molecule has 0 aliphatic rings. The van der Waals surface area contributed by atoms with Gasteiger partial charge < -0.3 is 15.8 Å². The van der Waals surface area contributed by atoms with Crippen LogP contribution in [0.5, 0.6) is 0 Å². The second-order valence-corrected chi connectivity index (χ2v) is 3.40. The summed E-state index contributed by atoms with van der Waals surface area (Å²) in [5, 5.41) is 17.8. The zero-order chi connectivity index (χ0) is 12.0. The fourth-order valence-corrected chi connectivity index (χ4v) is 1.69. The number of aromatic nitrogens is 4. The first-order valence-electron chi connectivity index (χ1n) is 4.72. The number of nitro groups is 1. The summed E-state index contributed by atoms with van der Waals surface area (Å²) in [6.07, 6.45) is 0. The first kappa shape index (κ1) is 9.46. The molecule has 0 aliphatic heterocycles. The molecular weight excluding hydrogens is 224 g/mol. The predicted molar refractivity (Wildman–Crippen MR) is 59.4 cm³/mol. The van der Waals surface area contributed by atoms with Gasteiger partial charge in [-0.2, -0.15) is 0 Å². The van der Waals surface area contributed by atoms with Crippen LogP contribution in [0.4, 0.5) is 11.6 Å².